The van der Waals surface area contributed by atoms with Gasteiger partial charge < -0.3 is 10.6 Å². The molecular weight excluding hydrogens is 344 g/mol. The Morgan fingerprint density at radius 2 is 1.67 bits per heavy atom. The fraction of sp³-hybridized carbons (Fsp3) is 0.200. The molecule has 0 saturated heterocycles. The predicted molar refractivity (Wildman–Crippen MR) is 103 cm³/mol. The molecule has 138 valence electrons. The van der Waals surface area contributed by atoms with Crippen molar-refractivity contribution in [3.05, 3.63) is 70.6 Å². The first-order chi connectivity index (χ1) is 13.0. The average molecular weight is 364 g/mol. The molecule has 1 heterocycles. The van der Waals surface area contributed by atoms with Crippen LogP contribution < -0.4 is 16.2 Å². The number of likely N-dealkylation sites (N-methyl/N-ethyl adjacent to an activating group) is 1. The first-order valence-corrected chi connectivity index (χ1v) is 8.69. The molecule has 2 aromatic carbocycles. The van der Waals surface area contributed by atoms with Crippen molar-refractivity contribution in [3.8, 4) is 5.69 Å². The number of nitrogens with zero attached hydrogens (tertiary/aromatic N) is 2. The lowest BCUT2D eigenvalue weighted by molar-refractivity contribution is -0.122. The normalized spacial score (nSPS) is 11.8. The number of nitrogens with one attached hydrogen (secondary N) is 2. The number of aromatic nitrogens is 2. The molecule has 0 saturated carbocycles. The Bertz CT molecular complexity index is 1040. The second-order valence-electron chi connectivity index (χ2n) is 6.04. The van der Waals surface area contributed by atoms with E-state index in [1.807, 2.05) is 6.07 Å². The molecule has 0 fully saturated rings. The lowest BCUT2D eigenvalue weighted by atomic mass is 10.1. The van der Waals surface area contributed by atoms with Crippen molar-refractivity contribution in [1.82, 2.24) is 20.4 Å². The highest BCUT2D eigenvalue weighted by Gasteiger charge is 2.21. The molecule has 7 nitrogen and oxygen atoms in total. The third-order valence-electron chi connectivity index (χ3n) is 4.11. The summed E-state index contributed by atoms with van der Waals surface area (Å²) >= 11 is 0. The minimum Gasteiger partial charge on any atom is -0.355 e. The quantitative estimate of drug-likeness (QED) is 0.720. The standard InChI is InChI=1S/C20H20N4O3/c1-3-21-18(25)13(2)22-19(26)17-15-11-7-8-12-16(15)20(27)24(23-17)14-9-5-4-6-10-14/h4-13H,3H2,1-2H3,(H,21,25)(H,22,26)/t13-/m1/s1. The molecule has 2 amide bonds. The van der Waals surface area contributed by atoms with E-state index in [0.29, 0.717) is 23.0 Å². The molecule has 0 spiro atoms. The van der Waals surface area contributed by atoms with Gasteiger partial charge in [-0.25, -0.2) is 0 Å². The Kier molecular flexibility index (Phi) is 5.30. The number of para-hydroxylation sites is 1. The number of carbonyl (C=O) groups is 2. The average Bonchev–Trinajstić information content (AvgIpc) is 2.69. The van der Waals surface area contributed by atoms with E-state index < -0.39 is 11.9 Å². The molecule has 0 aliphatic heterocycles. The molecule has 1 aromatic heterocycles. The highest BCUT2D eigenvalue weighted by Crippen LogP contribution is 2.15. The molecule has 0 bridgehead atoms. The number of benzene rings is 2. The zero-order valence-corrected chi connectivity index (χ0v) is 15.1. The van der Waals surface area contributed by atoms with Crippen LogP contribution in [0.2, 0.25) is 0 Å². The topological polar surface area (TPSA) is 93.1 Å². The van der Waals surface area contributed by atoms with Crippen molar-refractivity contribution in [2.75, 3.05) is 6.54 Å². The zero-order chi connectivity index (χ0) is 19.4. The van der Waals surface area contributed by atoms with Crippen LogP contribution in [0.5, 0.6) is 0 Å². The van der Waals surface area contributed by atoms with Gasteiger partial charge in [0, 0.05) is 11.9 Å². The highest BCUT2D eigenvalue weighted by atomic mass is 16.2. The number of rotatable bonds is 5. The molecule has 3 rings (SSSR count). The van der Waals surface area contributed by atoms with Crippen LogP contribution in [0.3, 0.4) is 0 Å². The number of hydrogen-bond donors (Lipinski definition) is 2. The maximum absolute atomic E-state index is 12.8. The second kappa shape index (κ2) is 7.82. The molecule has 3 aromatic rings. The van der Waals surface area contributed by atoms with Crippen LogP contribution in [0, 0.1) is 0 Å². The Morgan fingerprint density at radius 3 is 2.33 bits per heavy atom. The summed E-state index contributed by atoms with van der Waals surface area (Å²) in [6, 6.07) is 15.0. The Morgan fingerprint density at radius 1 is 1.04 bits per heavy atom. The number of amides is 2. The Labute approximate surface area is 156 Å². The molecule has 7 heteroatoms. The summed E-state index contributed by atoms with van der Waals surface area (Å²) in [5.74, 6) is -0.804. The Hall–Kier alpha value is -3.48. The van der Waals surface area contributed by atoms with Crippen molar-refractivity contribution in [1.29, 1.82) is 0 Å². The van der Waals surface area contributed by atoms with Gasteiger partial charge >= 0.3 is 0 Å². The first-order valence-electron chi connectivity index (χ1n) is 8.69. The minimum atomic E-state index is -0.727. The summed E-state index contributed by atoms with van der Waals surface area (Å²) in [4.78, 5) is 37.5. The fourth-order valence-corrected chi connectivity index (χ4v) is 2.76. The third-order valence-corrected chi connectivity index (χ3v) is 4.11. The summed E-state index contributed by atoms with van der Waals surface area (Å²) in [6.07, 6.45) is 0. The van der Waals surface area contributed by atoms with Crippen LogP contribution in [0.25, 0.3) is 16.5 Å². The van der Waals surface area contributed by atoms with Crippen molar-refractivity contribution in [2.45, 2.75) is 19.9 Å². The molecule has 0 unspecified atom stereocenters. The lowest BCUT2D eigenvalue weighted by Gasteiger charge is -2.15. The van der Waals surface area contributed by atoms with E-state index in [1.165, 1.54) is 4.68 Å². The van der Waals surface area contributed by atoms with Crippen LogP contribution in [-0.4, -0.2) is 34.2 Å². The van der Waals surface area contributed by atoms with Crippen molar-refractivity contribution >= 4 is 22.6 Å². The van der Waals surface area contributed by atoms with E-state index in [4.69, 9.17) is 0 Å². The predicted octanol–water partition coefficient (Wildman–Crippen LogP) is 1.64. The minimum absolute atomic E-state index is 0.0881. The van der Waals surface area contributed by atoms with Crippen LogP contribution in [0.15, 0.2) is 59.4 Å². The zero-order valence-electron chi connectivity index (χ0n) is 15.1. The molecule has 0 aliphatic carbocycles. The number of fused-ring (bicyclic) bond motifs is 1. The third kappa shape index (κ3) is 3.72. The van der Waals surface area contributed by atoms with E-state index in [1.54, 1.807) is 62.4 Å². The molecule has 27 heavy (non-hydrogen) atoms. The van der Waals surface area contributed by atoms with E-state index >= 15 is 0 Å². The monoisotopic (exact) mass is 364 g/mol. The summed E-state index contributed by atoms with van der Waals surface area (Å²) < 4.78 is 1.20. The summed E-state index contributed by atoms with van der Waals surface area (Å²) in [5, 5.41) is 10.4. The van der Waals surface area contributed by atoms with Gasteiger partial charge in [-0.05, 0) is 32.0 Å². The summed E-state index contributed by atoms with van der Waals surface area (Å²) in [5.41, 5.74) is 0.328. The van der Waals surface area contributed by atoms with Crippen LogP contribution in [0.1, 0.15) is 24.3 Å². The van der Waals surface area contributed by atoms with Gasteiger partial charge in [-0.3, -0.25) is 14.4 Å². The van der Waals surface area contributed by atoms with Gasteiger partial charge in [0.25, 0.3) is 11.5 Å². The smallest absolute Gasteiger partial charge is 0.279 e. The molecule has 0 radical (unpaired) electrons. The Balaban J connectivity index is 2.09. The summed E-state index contributed by atoms with van der Waals surface area (Å²) in [7, 11) is 0. The summed E-state index contributed by atoms with van der Waals surface area (Å²) in [6.45, 7) is 3.87. The van der Waals surface area contributed by atoms with Gasteiger partial charge in [0.05, 0.1) is 11.1 Å². The van der Waals surface area contributed by atoms with Crippen molar-refractivity contribution in [2.24, 2.45) is 0 Å². The highest BCUT2D eigenvalue weighted by molar-refractivity contribution is 6.06. The molecule has 2 N–H and O–H groups in total. The van der Waals surface area contributed by atoms with Gasteiger partial charge in [0.2, 0.25) is 5.91 Å². The van der Waals surface area contributed by atoms with Gasteiger partial charge in [-0.15, -0.1) is 0 Å². The first kappa shape index (κ1) is 18.3. The maximum Gasteiger partial charge on any atom is 0.279 e. The van der Waals surface area contributed by atoms with Crippen LogP contribution in [-0.2, 0) is 4.79 Å². The van der Waals surface area contributed by atoms with Gasteiger partial charge in [-0.1, -0.05) is 36.4 Å². The number of hydrogen-bond acceptors (Lipinski definition) is 4. The SMILES string of the molecule is CCNC(=O)[C@@H](C)NC(=O)c1nn(-c2ccccc2)c(=O)c2ccccc12. The van der Waals surface area contributed by atoms with E-state index in [2.05, 4.69) is 15.7 Å². The van der Waals surface area contributed by atoms with Crippen LogP contribution in [0.4, 0.5) is 0 Å². The largest absolute Gasteiger partial charge is 0.355 e. The maximum atomic E-state index is 12.8. The fourth-order valence-electron chi connectivity index (χ4n) is 2.76. The molecular formula is C20H20N4O3. The lowest BCUT2D eigenvalue weighted by Crippen LogP contribution is -2.45. The van der Waals surface area contributed by atoms with Gasteiger partial charge in [0.15, 0.2) is 5.69 Å². The van der Waals surface area contributed by atoms with Crippen molar-refractivity contribution < 1.29 is 9.59 Å². The molecule has 1 atom stereocenters. The second-order valence-corrected chi connectivity index (χ2v) is 6.04. The van der Waals surface area contributed by atoms with Crippen molar-refractivity contribution in [3.63, 3.8) is 0 Å². The van der Waals surface area contributed by atoms with Gasteiger partial charge in [-0.2, -0.15) is 9.78 Å². The van der Waals surface area contributed by atoms with Crippen LogP contribution >= 0.6 is 0 Å². The van der Waals surface area contributed by atoms with E-state index in [0.717, 1.165) is 0 Å². The molecule has 0 aliphatic rings. The van der Waals surface area contributed by atoms with E-state index in [9.17, 15) is 14.4 Å². The number of carbonyl (C=O) groups excluding carboxylic acids is 2. The van der Waals surface area contributed by atoms with E-state index in [-0.39, 0.29) is 17.2 Å². The van der Waals surface area contributed by atoms with Gasteiger partial charge in [0.1, 0.15) is 6.04 Å².